The van der Waals surface area contributed by atoms with Gasteiger partial charge < -0.3 is 25.2 Å². The number of piperazine rings is 1. The summed E-state index contributed by atoms with van der Waals surface area (Å²) in [6, 6.07) is 10.3. The average Bonchev–Trinajstić information content (AvgIpc) is 3.28. The van der Waals surface area contributed by atoms with Crippen LogP contribution in [0.15, 0.2) is 59.5 Å². The number of hydrogen-bond donors (Lipinski definition) is 4. The number of amides is 2. The quantitative estimate of drug-likeness (QED) is 0.0866. The highest BCUT2D eigenvalue weighted by Crippen LogP contribution is 2.53. The van der Waals surface area contributed by atoms with Crippen LogP contribution >= 0.6 is 15.9 Å². The first-order valence-electron chi connectivity index (χ1n) is 22.2. The number of halogens is 3. The SMILES string of the molecule is CCc1cc(Nc2ncc(Br)c(Nc3ccc4nccnc4c3NS(C)(=O)=O)n2)c(OC)cc1N1CCC2(CC1)CC(CN1CCN(c3cc(F)c(C4CCC(=O)NC4=O)c(F)c3)CC1)C2. The highest BCUT2D eigenvalue weighted by molar-refractivity contribution is 9.10. The van der Waals surface area contributed by atoms with Gasteiger partial charge in [0, 0.05) is 93.8 Å². The number of sulfonamides is 1. The van der Waals surface area contributed by atoms with E-state index in [0.717, 1.165) is 63.9 Å². The highest BCUT2D eigenvalue weighted by Gasteiger charge is 2.46. The van der Waals surface area contributed by atoms with Crippen LogP contribution in [0.1, 0.15) is 62.5 Å². The second-order valence-electron chi connectivity index (χ2n) is 17.8. The van der Waals surface area contributed by atoms with Crippen LogP contribution in [-0.2, 0) is 26.0 Å². The van der Waals surface area contributed by atoms with Crippen molar-refractivity contribution < 1.29 is 31.5 Å². The molecule has 1 spiro atoms. The number of carbonyl (C=O) groups is 2. The third kappa shape index (κ3) is 9.58. The van der Waals surface area contributed by atoms with E-state index in [1.54, 1.807) is 31.6 Å². The first kappa shape index (κ1) is 45.4. The monoisotopic (exact) mass is 987 g/mol. The summed E-state index contributed by atoms with van der Waals surface area (Å²) < 4.78 is 64.2. The smallest absolute Gasteiger partial charge is 0.234 e. The van der Waals surface area contributed by atoms with Gasteiger partial charge >= 0.3 is 0 Å². The zero-order valence-corrected chi connectivity index (χ0v) is 39.4. The lowest BCUT2D eigenvalue weighted by Crippen LogP contribution is -2.53. The summed E-state index contributed by atoms with van der Waals surface area (Å²) in [5.74, 6) is -1.61. The van der Waals surface area contributed by atoms with E-state index in [4.69, 9.17) is 9.72 Å². The Labute approximate surface area is 390 Å². The second-order valence-corrected chi connectivity index (χ2v) is 20.4. The Balaban J connectivity index is 0.795. The fourth-order valence-corrected chi connectivity index (χ4v) is 11.1. The maximum absolute atomic E-state index is 15.2. The number of nitrogens with zero attached hydrogens (tertiary/aromatic N) is 7. The molecule has 0 radical (unpaired) electrons. The van der Waals surface area contributed by atoms with E-state index in [1.807, 2.05) is 4.90 Å². The van der Waals surface area contributed by atoms with Crippen molar-refractivity contribution in [2.45, 2.75) is 57.8 Å². The van der Waals surface area contributed by atoms with Crippen molar-refractivity contribution >= 4 is 89.0 Å². The van der Waals surface area contributed by atoms with E-state index in [9.17, 15) is 18.0 Å². The lowest BCUT2D eigenvalue weighted by molar-refractivity contribution is -0.134. The minimum atomic E-state index is -3.66. The van der Waals surface area contributed by atoms with E-state index in [2.05, 4.69) is 80.4 Å². The number of benzene rings is 3. The number of methoxy groups -OCH3 is 1. The molecule has 3 saturated heterocycles. The predicted octanol–water partition coefficient (Wildman–Crippen LogP) is 7.23. The number of fused-ring (bicyclic) bond motifs is 1. The summed E-state index contributed by atoms with van der Waals surface area (Å²) in [7, 11) is -2.01. The van der Waals surface area contributed by atoms with Crippen molar-refractivity contribution in [2.75, 3.05) is 84.3 Å². The van der Waals surface area contributed by atoms with Gasteiger partial charge in [0.15, 0.2) is 0 Å². The number of imide groups is 1. The van der Waals surface area contributed by atoms with Crippen molar-refractivity contribution in [3.63, 3.8) is 0 Å². The van der Waals surface area contributed by atoms with Gasteiger partial charge in [0.25, 0.3) is 0 Å². The fourth-order valence-electron chi connectivity index (χ4n) is 10.2. The maximum Gasteiger partial charge on any atom is 0.234 e. The summed E-state index contributed by atoms with van der Waals surface area (Å²) in [4.78, 5) is 48.7. The largest absolute Gasteiger partial charge is 0.494 e. The Bertz CT molecular complexity index is 2770. The molecule has 1 saturated carbocycles. The summed E-state index contributed by atoms with van der Waals surface area (Å²) >= 11 is 3.53. The normalized spacial score (nSPS) is 19.2. The minimum absolute atomic E-state index is 0.0579. The Morgan fingerprint density at radius 1 is 0.924 bits per heavy atom. The van der Waals surface area contributed by atoms with Crippen molar-refractivity contribution in [3.05, 3.63) is 82.2 Å². The molecule has 9 rings (SSSR count). The number of piperidine rings is 2. The molecule has 20 heteroatoms. The lowest BCUT2D eigenvalue weighted by Gasteiger charge is -2.54. The standard InChI is InChI=1S/C46H52BrF2N11O5S/c1-4-28-19-36(54-45-52-25-31(47)43(56-45)53-35-7-6-34-41(51-12-11-50-34)42(35)57-66(3,63)64)38(65-2)22-37(28)60-13-9-46(10-14-60)23-27(24-46)26-58-15-17-59(18-16-58)29-20-32(48)40(33(49)21-29)30-5-8-39(61)55-44(30)62/h6-7,11-12,19-22,25,27,30,57H,4-5,8-10,13-18,23-24,26H2,1-3H3,(H,55,61,62)(H2,52,53,54,56). The molecule has 3 aromatic carbocycles. The van der Waals surface area contributed by atoms with Gasteiger partial charge in [-0.3, -0.25) is 34.5 Å². The molecule has 66 heavy (non-hydrogen) atoms. The van der Waals surface area contributed by atoms with Crippen LogP contribution < -0.4 is 35.2 Å². The lowest BCUT2D eigenvalue weighted by atomic mass is 9.57. The summed E-state index contributed by atoms with van der Waals surface area (Å²) in [5, 5.41) is 8.78. The van der Waals surface area contributed by atoms with Gasteiger partial charge in [0.1, 0.15) is 28.7 Å². The predicted molar refractivity (Wildman–Crippen MR) is 253 cm³/mol. The molecule has 4 N–H and O–H groups in total. The van der Waals surface area contributed by atoms with Crippen molar-refractivity contribution in [2.24, 2.45) is 11.3 Å². The molecule has 0 bridgehead atoms. The molecule has 5 aromatic rings. The summed E-state index contributed by atoms with van der Waals surface area (Å²) in [6.45, 7) is 7.98. The van der Waals surface area contributed by atoms with Crippen LogP contribution in [0.4, 0.5) is 49.0 Å². The zero-order valence-electron chi connectivity index (χ0n) is 37.0. The molecule has 1 unspecified atom stereocenters. The average molecular weight is 989 g/mol. The van der Waals surface area contributed by atoms with Gasteiger partial charge in [-0.15, -0.1) is 0 Å². The molecule has 2 amide bonds. The zero-order chi connectivity index (χ0) is 46.3. The molecule has 1 aliphatic carbocycles. The Morgan fingerprint density at radius 2 is 1.65 bits per heavy atom. The minimum Gasteiger partial charge on any atom is -0.494 e. The Morgan fingerprint density at radius 3 is 2.33 bits per heavy atom. The van der Waals surface area contributed by atoms with Crippen molar-refractivity contribution in [1.82, 2.24) is 30.2 Å². The molecule has 16 nitrogen and oxygen atoms in total. The molecule has 3 aliphatic heterocycles. The number of hydrogen-bond acceptors (Lipinski definition) is 14. The molecule has 4 aliphatic rings. The van der Waals surface area contributed by atoms with Gasteiger partial charge in [-0.1, -0.05) is 6.92 Å². The van der Waals surface area contributed by atoms with Crippen molar-refractivity contribution in [3.8, 4) is 5.75 Å². The third-order valence-corrected chi connectivity index (χ3v) is 14.6. The number of ether oxygens (including phenoxy) is 1. The van der Waals surface area contributed by atoms with Crippen molar-refractivity contribution in [1.29, 1.82) is 0 Å². The van der Waals surface area contributed by atoms with Crippen LogP contribution in [0, 0.1) is 23.0 Å². The van der Waals surface area contributed by atoms with Crippen LogP contribution in [-0.4, -0.2) is 104 Å². The number of rotatable bonds is 13. The van der Waals surface area contributed by atoms with Gasteiger partial charge in [-0.05, 0) is 102 Å². The molecule has 5 heterocycles. The van der Waals surface area contributed by atoms with Crippen LogP contribution in [0.2, 0.25) is 0 Å². The van der Waals surface area contributed by atoms with Crippen LogP contribution in [0.3, 0.4) is 0 Å². The number of carbonyl (C=O) groups excluding carboxylic acids is 2. The van der Waals surface area contributed by atoms with Gasteiger partial charge in [-0.25, -0.2) is 22.2 Å². The molecule has 348 valence electrons. The van der Waals surface area contributed by atoms with Gasteiger partial charge in [0.2, 0.25) is 27.8 Å². The number of aryl methyl sites for hydroxylation is 1. The molecule has 4 fully saturated rings. The molecular weight excluding hydrogens is 937 g/mol. The topological polar surface area (TPSA) is 187 Å². The van der Waals surface area contributed by atoms with E-state index < -0.39 is 39.4 Å². The molecular formula is C46H52BrF2N11O5S. The fraction of sp³-hybridized carbons (Fsp3) is 0.435. The first-order chi connectivity index (χ1) is 31.7. The van der Waals surface area contributed by atoms with Gasteiger partial charge in [-0.2, -0.15) is 4.98 Å². The highest BCUT2D eigenvalue weighted by atomic mass is 79.9. The number of anilines is 7. The van der Waals surface area contributed by atoms with E-state index in [-0.39, 0.29) is 24.1 Å². The van der Waals surface area contributed by atoms with Crippen LogP contribution in [0.5, 0.6) is 5.75 Å². The Hall–Kier alpha value is -5.73. The van der Waals surface area contributed by atoms with E-state index >= 15 is 8.78 Å². The van der Waals surface area contributed by atoms with Gasteiger partial charge in [0.05, 0.1) is 46.3 Å². The number of aromatic nitrogens is 4. The van der Waals surface area contributed by atoms with E-state index in [0.29, 0.717) is 74.5 Å². The Kier molecular flexibility index (Phi) is 12.7. The molecule has 2 aromatic heterocycles. The van der Waals surface area contributed by atoms with E-state index in [1.165, 1.54) is 36.7 Å². The first-order valence-corrected chi connectivity index (χ1v) is 24.9. The second kappa shape index (κ2) is 18.5. The third-order valence-electron chi connectivity index (χ3n) is 13.5. The molecule has 1 atom stereocenters. The summed E-state index contributed by atoms with van der Waals surface area (Å²) in [5.41, 5.74) is 5.17. The maximum atomic E-state index is 15.2. The summed E-state index contributed by atoms with van der Waals surface area (Å²) in [6.07, 6.45) is 11.3. The van der Waals surface area contributed by atoms with Crippen LogP contribution in [0.25, 0.3) is 11.0 Å². The number of nitrogens with one attached hydrogen (secondary N) is 4.